The molecule has 1 atom stereocenters. The molecule has 0 saturated carbocycles. The Morgan fingerprint density at radius 1 is 1.12 bits per heavy atom. The Kier molecular flexibility index (Phi) is 4.77. The van der Waals surface area contributed by atoms with E-state index in [2.05, 4.69) is 4.90 Å². The summed E-state index contributed by atoms with van der Waals surface area (Å²) in [5.41, 5.74) is 2.32. The molecule has 1 saturated heterocycles. The number of rotatable bonds is 5. The first-order valence-electron chi connectivity index (χ1n) is 9.32. The van der Waals surface area contributed by atoms with Crippen molar-refractivity contribution in [3.05, 3.63) is 39.7 Å². The number of aryl methyl sites for hydroxylation is 1. The summed E-state index contributed by atoms with van der Waals surface area (Å²) < 4.78 is 11.2. The van der Waals surface area contributed by atoms with Crippen LogP contribution in [0.15, 0.2) is 27.4 Å². The van der Waals surface area contributed by atoms with Crippen molar-refractivity contribution in [2.75, 3.05) is 26.2 Å². The van der Waals surface area contributed by atoms with Crippen LogP contribution in [0.1, 0.15) is 36.8 Å². The van der Waals surface area contributed by atoms with Gasteiger partial charge in [0.25, 0.3) is 0 Å². The molecule has 1 fully saturated rings. The molecular weight excluding hydrogens is 318 g/mol. The minimum absolute atomic E-state index is 0.220. The van der Waals surface area contributed by atoms with Gasteiger partial charge in [-0.25, -0.2) is 4.79 Å². The Balaban J connectivity index is 1.43. The molecule has 5 nitrogen and oxygen atoms in total. The van der Waals surface area contributed by atoms with Crippen LogP contribution in [0, 0.1) is 0 Å². The summed E-state index contributed by atoms with van der Waals surface area (Å²) >= 11 is 0. The number of benzene rings is 1. The van der Waals surface area contributed by atoms with E-state index in [0.29, 0.717) is 17.9 Å². The second kappa shape index (κ2) is 7.18. The standard InChI is InChI=1S/C20H25NO4/c22-14(12-21-9-2-1-3-10-21)13-24-15-7-8-17-16-5-4-6-18(16)20(23)25-19(17)11-15/h7-8,11,14,22H,1-6,9-10,12-13H2. The lowest BCUT2D eigenvalue weighted by Gasteiger charge is -2.28. The summed E-state index contributed by atoms with van der Waals surface area (Å²) in [4.78, 5) is 14.4. The number of β-amino-alcohol motifs (C(OH)–C–C–N with tert-alkyl or cyclic N) is 1. The molecule has 0 spiro atoms. The molecule has 1 N–H and O–H groups in total. The van der Waals surface area contributed by atoms with Crippen LogP contribution in [0.3, 0.4) is 0 Å². The summed E-state index contributed by atoms with van der Waals surface area (Å²) in [5, 5.41) is 11.2. The molecule has 1 unspecified atom stereocenters. The molecule has 2 heterocycles. The number of aliphatic hydroxyl groups is 1. The molecule has 1 aliphatic carbocycles. The van der Waals surface area contributed by atoms with Gasteiger partial charge in [-0.3, -0.25) is 0 Å². The van der Waals surface area contributed by atoms with Crippen LogP contribution < -0.4 is 10.4 Å². The lowest BCUT2D eigenvalue weighted by molar-refractivity contribution is 0.0617. The van der Waals surface area contributed by atoms with Crippen molar-refractivity contribution in [3.8, 4) is 5.75 Å². The maximum Gasteiger partial charge on any atom is 0.339 e. The molecular formula is C20H25NO4. The Morgan fingerprint density at radius 3 is 2.76 bits per heavy atom. The third-order valence-corrected chi connectivity index (χ3v) is 5.31. The number of piperidine rings is 1. The van der Waals surface area contributed by atoms with Crippen LogP contribution in [0.5, 0.6) is 5.75 Å². The van der Waals surface area contributed by atoms with Gasteiger partial charge in [0.2, 0.25) is 0 Å². The van der Waals surface area contributed by atoms with Gasteiger partial charge in [-0.05, 0) is 62.9 Å². The quantitative estimate of drug-likeness (QED) is 0.845. The van der Waals surface area contributed by atoms with Crippen molar-refractivity contribution in [2.24, 2.45) is 0 Å². The van der Waals surface area contributed by atoms with Crippen LogP contribution in [0.2, 0.25) is 0 Å². The number of nitrogens with zero attached hydrogens (tertiary/aromatic N) is 1. The lowest BCUT2D eigenvalue weighted by Crippen LogP contribution is -2.38. The molecule has 1 aromatic heterocycles. The van der Waals surface area contributed by atoms with Gasteiger partial charge >= 0.3 is 5.63 Å². The second-order valence-electron chi connectivity index (χ2n) is 7.18. The van der Waals surface area contributed by atoms with Gasteiger partial charge in [0.1, 0.15) is 24.0 Å². The van der Waals surface area contributed by atoms with Gasteiger partial charge in [-0.15, -0.1) is 0 Å². The summed E-state index contributed by atoms with van der Waals surface area (Å²) in [7, 11) is 0. The number of aliphatic hydroxyl groups excluding tert-OH is 1. The van der Waals surface area contributed by atoms with E-state index < -0.39 is 6.10 Å². The minimum Gasteiger partial charge on any atom is -0.491 e. The van der Waals surface area contributed by atoms with E-state index in [1.54, 1.807) is 6.07 Å². The van der Waals surface area contributed by atoms with Crippen LogP contribution >= 0.6 is 0 Å². The van der Waals surface area contributed by atoms with Crippen LogP contribution in [-0.2, 0) is 12.8 Å². The molecule has 0 bridgehead atoms. The van der Waals surface area contributed by atoms with Crippen molar-refractivity contribution in [1.29, 1.82) is 0 Å². The number of ether oxygens (including phenoxy) is 1. The summed E-state index contributed by atoms with van der Waals surface area (Å²) in [6, 6.07) is 5.63. The van der Waals surface area contributed by atoms with E-state index in [4.69, 9.17) is 9.15 Å². The first-order valence-corrected chi connectivity index (χ1v) is 9.32. The van der Waals surface area contributed by atoms with Gasteiger partial charge in [-0.1, -0.05) is 6.42 Å². The molecule has 134 valence electrons. The van der Waals surface area contributed by atoms with E-state index in [-0.39, 0.29) is 12.2 Å². The van der Waals surface area contributed by atoms with Crippen molar-refractivity contribution < 1.29 is 14.3 Å². The smallest absolute Gasteiger partial charge is 0.339 e. The fraction of sp³-hybridized carbons (Fsp3) is 0.550. The average Bonchev–Trinajstić information content (AvgIpc) is 3.11. The molecule has 4 rings (SSSR count). The van der Waals surface area contributed by atoms with Crippen molar-refractivity contribution in [3.63, 3.8) is 0 Å². The highest BCUT2D eigenvalue weighted by molar-refractivity contribution is 5.83. The van der Waals surface area contributed by atoms with Crippen molar-refractivity contribution >= 4 is 11.0 Å². The predicted octanol–water partition coefficient (Wildman–Crippen LogP) is 2.51. The molecule has 1 aromatic carbocycles. The normalized spacial score (nSPS) is 19.1. The Labute approximate surface area is 147 Å². The van der Waals surface area contributed by atoms with Crippen LogP contribution in [0.4, 0.5) is 0 Å². The van der Waals surface area contributed by atoms with E-state index in [9.17, 15) is 9.90 Å². The van der Waals surface area contributed by atoms with E-state index in [1.807, 2.05) is 12.1 Å². The molecule has 2 aromatic rings. The van der Waals surface area contributed by atoms with Gasteiger partial charge in [0, 0.05) is 23.6 Å². The van der Waals surface area contributed by atoms with E-state index in [0.717, 1.165) is 48.9 Å². The van der Waals surface area contributed by atoms with Gasteiger partial charge in [-0.2, -0.15) is 0 Å². The zero-order valence-corrected chi connectivity index (χ0v) is 14.5. The monoisotopic (exact) mass is 343 g/mol. The first-order chi connectivity index (χ1) is 12.2. The van der Waals surface area contributed by atoms with Gasteiger partial charge in [0.05, 0.1) is 0 Å². The van der Waals surface area contributed by atoms with E-state index in [1.165, 1.54) is 19.3 Å². The maximum absolute atomic E-state index is 12.1. The highest BCUT2D eigenvalue weighted by Crippen LogP contribution is 2.29. The fourth-order valence-corrected chi connectivity index (χ4v) is 4.04. The zero-order valence-electron chi connectivity index (χ0n) is 14.5. The fourth-order valence-electron chi connectivity index (χ4n) is 4.04. The Morgan fingerprint density at radius 2 is 1.92 bits per heavy atom. The first kappa shape index (κ1) is 16.6. The topological polar surface area (TPSA) is 62.9 Å². The van der Waals surface area contributed by atoms with Crippen LogP contribution in [0.25, 0.3) is 11.0 Å². The Bertz CT molecular complexity index is 807. The van der Waals surface area contributed by atoms with Gasteiger partial charge in [0.15, 0.2) is 0 Å². The highest BCUT2D eigenvalue weighted by Gasteiger charge is 2.20. The zero-order chi connectivity index (χ0) is 17.2. The highest BCUT2D eigenvalue weighted by atomic mass is 16.5. The Hall–Kier alpha value is -1.85. The van der Waals surface area contributed by atoms with Crippen molar-refractivity contribution in [1.82, 2.24) is 4.90 Å². The number of hydrogen-bond acceptors (Lipinski definition) is 5. The molecule has 0 radical (unpaired) electrons. The summed E-state index contributed by atoms with van der Waals surface area (Å²) in [6.45, 7) is 3.01. The second-order valence-corrected chi connectivity index (χ2v) is 7.18. The third kappa shape index (κ3) is 3.58. The molecule has 25 heavy (non-hydrogen) atoms. The maximum atomic E-state index is 12.1. The van der Waals surface area contributed by atoms with Crippen LogP contribution in [-0.4, -0.2) is 42.4 Å². The SMILES string of the molecule is O=c1oc2cc(OCC(O)CN3CCCCC3)ccc2c2c1CCC2. The van der Waals surface area contributed by atoms with Crippen molar-refractivity contribution in [2.45, 2.75) is 44.6 Å². The molecule has 1 aliphatic heterocycles. The van der Waals surface area contributed by atoms with E-state index >= 15 is 0 Å². The summed E-state index contributed by atoms with van der Waals surface area (Å²) in [5.74, 6) is 0.631. The average molecular weight is 343 g/mol. The summed E-state index contributed by atoms with van der Waals surface area (Å²) in [6.07, 6.45) is 5.96. The largest absolute Gasteiger partial charge is 0.491 e. The minimum atomic E-state index is -0.513. The predicted molar refractivity (Wildman–Crippen MR) is 96.3 cm³/mol. The number of hydrogen-bond donors (Lipinski definition) is 1. The molecule has 5 heteroatoms. The van der Waals surface area contributed by atoms with Gasteiger partial charge < -0.3 is 19.2 Å². The third-order valence-electron chi connectivity index (χ3n) is 5.31. The molecule has 2 aliphatic rings. The lowest BCUT2D eigenvalue weighted by atomic mass is 10.1. The number of fused-ring (bicyclic) bond motifs is 3. The number of likely N-dealkylation sites (tertiary alicyclic amines) is 1. The molecule has 0 amide bonds.